The van der Waals surface area contributed by atoms with E-state index < -0.39 is 10.0 Å². The van der Waals surface area contributed by atoms with Gasteiger partial charge in [0.15, 0.2) is 0 Å². The third-order valence-electron chi connectivity index (χ3n) is 2.88. The summed E-state index contributed by atoms with van der Waals surface area (Å²) in [6.45, 7) is 0.941. The molecular weight excluding hydrogens is 242 g/mol. The highest BCUT2D eigenvalue weighted by molar-refractivity contribution is 7.89. The molecule has 0 saturated heterocycles. The van der Waals surface area contributed by atoms with Gasteiger partial charge in [0, 0.05) is 26.1 Å². The van der Waals surface area contributed by atoms with Gasteiger partial charge in [-0.2, -0.15) is 0 Å². The summed E-state index contributed by atoms with van der Waals surface area (Å²) in [6.07, 6.45) is 3.64. The van der Waals surface area contributed by atoms with Gasteiger partial charge in [-0.1, -0.05) is 6.42 Å². The Kier molecular flexibility index (Phi) is 5.87. The minimum atomic E-state index is -3.26. The monoisotopic (exact) mass is 263 g/mol. The smallest absolute Gasteiger partial charge is 0.221 e. The molecule has 0 unspecified atom stereocenters. The number of amides is 1. The molecule has 100 valence electrons. The third kappa shape index (κ3) is 5.99. The molecule has 0 atom stereocenters. The zero-order valence-corrected chi connectivity index (χ0v) is 10.8. The van der Waals surface area contributed by atoms with Crippen LogP contribution in [0.15, 0.2) is 0 Å². The van der Waals surface area contributed by atoms with E-state index in [0.29, 0.717) is 12.5 Å². The molecule has 17 heavy (non-hydrogen) atoms. The molecule has 0 aliphatic heterocycles. The number of hydrogen-bond donors (Lipinski definition) is 3. The Balaban J connectivity index is 2.12. The second-order valence-corrected chi connectivity index (χ2v) is 6.28. The van der Waals surface area contributed by atoms with Crippen LogP contribution in [0.2, 0.25) is 0 Å². The van der Waals surface area contributed by atoms with E-state index >= 15 is 0 Å². The van der Waals surface area contributed by atoms with Crippen LogP contribution < -0.4 is 15.8 Å². The summed E-state index contributed by atoms with van der Waals surface area (Å²) in [4.78, 5) is 11.0. The van der Waals surface area contributed by atoms with Crippen LogP contribution in [-0.4, -0.2) is 39.7 Å². The molecule has 6 nitrogen and oxygen atoms in total. The van der Waals surface area contributed by atoms with Gasteiger partial charge in [0.2, 0.25) is 15.9 Å². The molecule has 0 heterocycles. The molecule has 1 saturated carbocycles. The van der Waals surface area contributed by atoms with Crippen LogP contribution in [0.3, 0.4) is 0 Å². The maximum atomic E-state index is 11.5. The van der Waals surface area contributed by atoms with Crippen LogP contribution in [-0.2, 0) is 14.8 Å². The lowest BCUT2D eigenvalue weighted by molar-refractivity contribution is -0.120. The zero-order valence-electron chi connectivity index (χ0n) is 9.94. The molecule has 1 fully saturated rings. The Morgan fingerprint density at radius 1 is 1.35 bits per heavy atom. The van der Waals surface area contributed by atoms with Crippen LogP contribution in [0.5, 0.6) is 0 Å². The molecule has 1 amide bonds. The van der Waals surface area contributed by atoms with Crippen molar-refractivity contribution >= 4 is 15.9 Å². The van der Waals surface area contributed by atoms with Gasteiger partial charge in [-0.3, -0.25) is 4.79 Å². The Morgan fingerprint density at radius 2 is 2.06 bits per heavy atom. The predicted octanol–water partition coefficient (Wildman–Crippen LogP) is -0.829. The average Bonchev–Trinajstić information content (AvgIpc) is 2.15. The second-order valence-electron chi connectivity index (χ2n) is 4.35. The van der Waals surface area contributed by atoms with Gasteiger partial charge in [-0.05, 0) is 18.8 Å². The van der Waals surface area contributed by atoms with Gasteiger partial charge < -0.3 is 11.1 Å². The number of nitrogens with one attached hydrogen (secondary N) is 2. The van der Waals surface area contributed by atoms with Crippen molar-refractivity contribution in [2.45, 2.75) is 25.7 Å². The molecule has 0 aromatic carbocycles. The van der Waals surface area contributed by atoms with Crippen molar-refractivity contribution in [2.24, 2.45) is 11.7 Å². The lowest BCUT2D eigenvalue weighted by Gasteiger charge is -2.25. The van der Waals surface area contributed by atoms with Crippen molar-refractivity contribution in [2.75, 3.05) is 25.4 Å². The largest absolute Gasteiger partial charge is 0.355 e. The summed E-state index contributed by atoms with van der Waals surface area (Å²) >= 11 is 0. The van der Waals surface area contributed by atoms with Crippen molar-refractivity contribution in [3.8, 4) is 0 Å². The molecular formula is C10H21N3O3S. The molecule has 7 heteroatoms. The molecule has 4 N–H and O–H groups in total. The lowest BCUT2D eigenvalue weighted by Crippen LogP contribution is -2.37. The van der Waals surface area contributed by atoms with Gasteiger partial charge in [0.25, 0.3) is 0 Å². The van der Waals surface area contributed by atoms with Crippen LogP contribution in [0.4, 0.5) is 0 Å². The normalized spacial score (nSPS) is 16.5. The first kappa shape index (κ1) is 14.4. The molecule has 0 spiro atoms. The third-order valence-corrected chi connectivity index (χ3v) is 4.23. The van der Waals surface area contributed by atoms with E-state index in [-0.39, 0.29) is 31.2 Å². The van der Waals surface area contributed by atoms with Crippen molar-refractivity contribution in [1.29, 1.82) is 0 Å². The fourth-order valence-electron chi connectivity index (χ4n) is 1.56. The predicted molar refractivity (Wildman–Crippen MR) is 65.8 cm³/mol. The van der Waals surface area contributed by atoms with Crippen molar-refractivity contribution in [3.05, 3.63) is 0 Å². The molecule has 0 radical (unpaired) electrons. The zero-order chi connectivity index (χ0) is 12.7. The van der Waals surface area contributed by atoms with E-state index in [1.165, 1.54) is 6.42 Å². The van der Waals surface area contributed by atoms with Crippen LogP contribution in [0.25, 0.3) is 0 Å². The van der Waals surface area contributed by atoms with E-state index in [1.54, 1.807) is 0 Å². The molecule has 0 bridgehead atoms. The van der Waals surface area contributed by atoms with Gasteiger partial charge >= 0.3 is 0 Å². The van der Waals surface area contributed by atoms with Crippen LogP contribution in [0.1, 0.15) is 25.7 Å². The summed E-state index contributed by atoms with van der Waals surface area (Å²) in [6, 6.07) is 0. The highest BCUT2D eigenvalue weighted by Crippen LogP contribution is 2.25. The Labute approximate surface area is 102 Å². The van der Waals surface area contributed by atoms with E-state index in [2.05, 4.69) is 10.0 Å². The molecule has 0 aromatic heterocycles. The molecule has 1 rings (SSSR count). The SMILES string of the molecule is NCCC(=O)NCCS(=O)(=O)NCC1CCC1. The second kappa shape index (κ2) is 6.93. The Morgan fingerprint density at radius 3 is 2.59 bits per heavy atom. The maximum Gasteiger partial charge on any atom is 0.221 e. The quantitative estimate of drug-likeness (QED) is 0.532. The summed E-state index contributed by atoms with van der Waals surface area (Å²) < 4.78 is 25.6. The molecule has 0 aromatic rings. The minimum absolute atomic E-state index is 0.0734. The fraction of sp³-hybridized carbons (Fsp3) is 0.900. The highest BCUT2D eigenvalue weighted by atomic mass is 32.2. The Bertz CT molecular complexity index is 339. The average molecular weight is 263 g/mol. The maximum absolute atomic E-state index is 11.5. The van der Waals surface area contributed by atoms with Gasteiger partial charge in [-0.15, -0.1) is 0 Å². The minimum Gasteiger partial charge on any atom is -0.355 e. The lowest BCUT2D eigenvalue weighted by atomic mass is 9.86. The van der Waals surface area contributed by atoms with Crippen LogP contribution >= 0.6 is 0 Å². The number of sulfonamides is 1. The number of nitrogens with two attached hydrogens (primary N) is 1. The first-order chi connectivity index (χ1) is 8.03. The van der Waals surface area contributed by atoms with E-state index in [1.807, 2.05) is 0 Å². The standard InChI is InChI=1S/C10H21N3O3S/c11-5-4-10(14)12-6-7-17(15,16)13-8-9-2-1-3-9/h9,13H,1-8,11H2,(H,12,14). The van der Waals surface area contributed by atoms with E-state index in [9.17, 15) is 13.2 Å². The van der Waals surface area contributed by atoms with Crippen molar-refractivity contribution in [1.82, 2.24) is 10.0 Å². The van der Waals surface area contributed by atoms with Gasteiger partial charge in [-0.25, -0.2) is 13.1 Å². The van der Waals surface area contributed by atoms with Crippen LogP contribution in [0, 0.1) is 5.92 Å². The molecule has 1 aliphatic rings. The number of carbonyl (C=O) groups excluding carboxylic acids is 1. The Hall–Kier alpha value is -0.660. The highest BCUT2D eigenvalue weighted by Gasteiger charge is 2.19. The van der Waals surface area contributed by atoms with Gasteiger partial charge in [0.1, 0.15) is 0 Å². The topological polar surface area (TPSA) is 101 Å². The summed E-state index contributed by atoms with van der Waals surface area (Å²) in [5, 5.41) is 2.52. The summed E-state index contributed by atoms with van der Waals surface area (Å²) in [5.41, 5.74) is 5.20. The van der Waals surface area contributed by atoms with E-state index in [4.69, 9.17) is 5.73 Å². The summed E-state index contributed by atoms with van der Waals surface area (Å²) in [5.74, 6) is 0.217. The number of rotatable bonds is 8. The number of carbonyl (C=O) groups is 1. The number of hydrogen-bond acceptors (Lipinski definition) is 4. The fourth-order valence-corrected chi connectivity index (χ4v) is 2.56. The first-order valence-electron chi connectivity index (χ1n) is 5.97. The van der Waals surface area contributed by atoms with Crippen molar-refractivity contribution < 1.29 is 13.2 Å². The van der Waals surface area contributed by atoms with E-state index in [0.717, 1.165) is 12.8 Å². The van der Waals surface area contributed by atoms with Crippen molar-refractivity contribution in [3.63, 3.8) is 0 Å². The van der Waals surface area contributed by atoms with Gasteiger partial charge in [0.05, 0.1) is 5.75 Å². The summed E-state index contributed by atoms with van der Waals surface area (Å²) in [7, 11) is -3.26. The molecule has 1 aliphatic carbocycles. The first-order valence-corrected chi connectivity index (χ1v) is 7.63.